The van der Waals surface area contributed by atoms with Crippen molar-refractivity contribution in [3.63, 3.8) is 0 Å². The number of nitrogens with two attached hydrogens (primary N) is 1. The number of hydrogen-bond donors (Lipinski definition) is 3. The molecule has 98 valence electrons. The SMILES string of the molecule is NC(=O)C(CCS)NC(=O)OCc1ccccc1. The molecule has 0 aromatic heterocycles. The first-order chi connectivity index (χ1) is 8.63. The van der Waals surface area contributed by atoms with Gasteiger partial charge in [0.2, 0.25) is 5.91 Å². The summed E-state index contributed by atoms with van der Waals surface area (Å²) in [6, 6.07) is 8.51. The molecule has 1 rings (SSSR count). The van der Waals surface area contributed by atoms with Crippen molar-refractivity contribution in [1.29, 1.82) is 0 Å². The first-order valence-corrected chi connectivity index (χ1v) is 6.14. The molecule has 3 N–H and O–H groups in total. The van der Waals surface area contributed by atoms with Crippen LogP contribution >= 0.6 is 12.6 Å². The van der Waals surface area contributed by atoms with E-state index in [0.29, 0.717) is 12.2 Å². The normalized spacial score (nSPS) is 11.6. The van der Waals surface area contributed by atoms with Gasteiger partial charge in [-0.15, -0.1) is 0 Å². The van der Waals surface area contributed by atoms with Crippen molar-refractivity contribution in [2.24, 2.45) is 5.73 Å². The number of carbonyl (C=O) groups excluding carboxylic acids is 2. The Morgan fingerprint density at radius 2 is 2.00 bits per heavy atom. The van der Waals surface area contributed by atoms with E-state index in [-0.39, 0.29) is 6.61 Å². The molecular formula is C12H16N2O3S. The van der Waals surface area contributed by atoms with Crippen LogP contribution in [0.1, 0.15) is 12.0 Å². The average Bonchev–Trinajstić information content (AvgIpc) is 2.37. The first kappa shape index (κ1) is 14.4. The fourth-order valence-electron chi connectivity index (χ4n) is 1.32. The highest BCUT2D eigenvalue weighted by atomic mass is 32.1. The summed E-state index contributed by atoms with van der Waals surface area (Å²) >= 11 is 3.99. The van der Waals surface area contributed by atoms with Gasteiger partial charge in [0, 0.05) is 0 Å². The molecule has 0 radical (unpaired) electrons. The van der Waals surface area contributed by atoms with Gasteiger partial charge in [-0.25, -0.2) is 4.79 Å². The predicted octanol–water partition coefficient (Wildman–Crippen LogP) is 1.09. The smallest absolute Gasteiger partial charge is 0.408 e. The second-order valence-electron chi connectivity index (χ2n) is 3.67. The molecule has 0 saturated heterocycles. The molecule has 0 bridgehead atoms. The molecule has 0 aliphatic heterocycles. The van der Waals surface area contributed by atoms with Crippen LogP contribution in [0, 0.1) is 0 Å². The second kappa shape index (κ2) is 7.60. The van der Waals surface area contributed by atoms with E-state index in [0.717, 1.165) is 5.56 Å². The third kappa shape index (κ3) is 5.09. The maximum atomic E-state index is 11.4. The van der Waals surface area contributed by atoms with Crippen molar-refractivity contribution >= 4 is 24.6 Å². The number of benzene rings is 1. The lowest BCUT2D eigenvalue weighted by atomic mass is 10.2. The summed E-state index contributed by atoms with van der Waals surface area (Å²) in [5.41, 5.74) is 6.01. The summed E-state index contributed by atoms with van der Waals surface area (Å²) in [4.78, 5) is 22.5. The van der Waals surface area contributed by atoms with Crippen molar-refractivity contribution in [2.45, 2.75) is 19.1 Å². The summed E-state index contributed by atoms with van der Waals surface area (Å²) in [5.74, 6) is -0.146. The lowest BCUT2D eigenvalue weighted by Crippen LogP contribution is -2.44. The molecule has 0 aliphatic carbocycles. The molecule has 6 heteroatoms. The molecule has 0 aliphatic rings. The third-order valence-corrected chi connectivity index (χ3v) is 2.52. The Morgan fingerprint density at radius 3 is 2.56 bits per heavy atom. The van der Waals surface area contributed by atoms with Gasteiger partial charge in [-0.3, -0.25) is 4.79 Å². The van der Waals surface area contributed by atoms with Crippen LogP contribution in [0.25, 0.3) is 0 Å². The third-order valence-electron chi connectivity index (χ3n) is 2.27. The minimum atomic E-state index is -0.745. The number of hydrogen-bond acceptors (Lipinski definition) is 4. The molecule has 1 unspecified atom stereocenters. The molecule has 1 aromatic carbocycles. The number of amides is 2. The molecule has 1 aromatic rings. The van der Waals surface area contributed by atoms with Crippen molar-refractivity contribution in [2.75, 3.05) is 5.75 Å². The van der Waals surface area contributed by atoms with E-state index in [4.69, 9.17) is 10.5 Å². The van der Waals surface area contributed by atoms with Gasteiger partial charge < -0.3 is 15.8 Å². The van der Waals surface area contributed by atoms with Crippen LogP contribution in [-0.4, -0.2) is 23.8 Å². The van der Waals surface area contributed by atoms with E-state index in [2.05, 4.69) is 17.9 Å². The minimum absolute atomic E-state index is 0.152. The quantitative estimate of drug-likeness (QED) is 0.675. The summed E-state index contributed by atoms with van der Waals surface area (Å²) in [6.45, 7) is 0.152. The molecule has 0 saturated carbocycles. The maximum Gasteiger partial charge on any atom is 0.408 e. The van der Waals surface area contributed by atoms with Crippen LogP contribution in [0.5, 0.6) is 0 Å². The highest BCUT2D eigenvalue weighted by Gasteiger charge is 2.17. The van der Waals surface area contributed by atoms with E-state index in [1.165, 1.54) is 0 Å². The zero-order chi connectivity index (χ0) is 13.4. The summed E-state index contributed by atoms with van der Waals surface area (Å²) < 4.78 is 4.97. The Hall–Kier alpha value is -1.69. The lowest BCUT2D eigenvalue weighted by Gasteiger charge is -2.14. The van der Waals surface area contributed by atoms with E-state index in [1.807, 2.05) is 30.3 Å². The van der Waals surface area contributed by atoms with Gasteiger partial charge in [0.25, 0.3) is 0 Å². The molecule has 0 fully saturated rings. The van der Waals surface area contributed by atoms with Gasteiger partial charge in [0.1, 0.15) is 12.6 Å². The average molecular weight is 268 g/mol. The van der Waals surface area contributed by atoms with Crippen LogP contribution in [0.15, 0.2) is 30.3 Å². The fraction of sp³-hybridized carbons (Fsp3) is 0.333. The largest absolute Gasteiger partial charge is 0.445 e. The van der Waals surface area contributed by atoms with Crippen LogP contribution in [0.4, 0.5) is 4.79 Å². The van der Waals surface area contributed by atoms with E-state index in [1.54, 1.807) is 0 Å². The Kier molecular flexibility index (Phi) is 6.07. The summed E-state index contributed by atoms with van der Waals surface area (Å²) in [7, 11) is 0. The monoisotopic (exact) mass is 268 g/mol. The molecule has 1 atom stereocenters. The second-order valence-corrected chi connectivity index (χ2v) is 4.12. The van der Waals surface area contributed by atoms with Crippen molar-refractivity contribution in [1.82, 2.24) is 5.32 Å². The van der Waals surface area contributed by atoms with E-state index < -0.39 is 18.0 Å². The number of ether oxygens (including phenoxy) is 1. The molecule has 0 heterocycles. The number of carbonyl (C=O) groups is 2. The molecular weight excluding hydrogens is 252 g/mol. The number of primary amides is 1. The Bertz CT molecular complexity index is 398. The Labute approximate surface area is 111 Å². The molecule has 18 heavy (non-hydrogen) atoms. The van der Waals surface area contributed by atoms with Crippen LogP contribution in [-0.2, 0) is 16.1 Å². The highest BCUT2D eigenvalue weighted by molar-refractivity contribution is 7.80. The van der Waals surface area contributed by atoms with Gasteiger partial charge in [-0.1, -0.05) is 30.3 Å². The standard InChI is InChI=1S/C12H16N2O3S/c13-11(15)10(6-7-18)14-12(16)17-8-9-4-2-1-3-5-9/h1-5,10,18H,6-8H2,(H2,13,15)(H,14,16). The first-order valence-electron chi connectivity index (χ1n) is 5.51. The zero-order valence-corrected chi connectivity index (χ0v) is 10.7. The Morgan fingerprint density at radius 1 is 1.33 bits per heavy atom. The lowest BCUT2D eigenvalue weighted by molar-refractivity contribution is -0.120. The van der Waals surface area contributed by atoms with Crippen molar-refractivity contribution in [3.05, 3.63) is 35.9 Å². The fourth-order valence-corrected chi connectivity index (χ4v) is 1.58. The van der Waals surface area contributed by atoms with Gasteiger partial charge in [-0.05, 0) is 17.7 Å². The molecule has 2 amide bonds. The summed E-state index contributed by atoms with van der Waals surface area (Å²) in [6.07, 6.45) is -0.289. The maximum absolute atomic E-state index is 11.4. The predicted molar refractivity (Wildman–Crippen MR) is 71.2 cm³/mol. The van der Waals surface area contributed by atoms with Gasteiger partial charge in [-0.2, -0.15) is 12.6 Å². The minimum Gasteiger partial charge on any atom is -0.445 e. The zero-order valence-electron chi connectivity index (χ0n) is 9.83. The van der Waals surface area contributed by atoms with Crippen LogP contribution in [0.3, 0.4) is 0 Å². The van der Waals surface area contributed by atoms with Gasteiger partial charge in [0.05, 0.1) is 0 Å². The molecule has 0 spiro atoms. The van der Waals surface area contributed by atoms with E-state index >= 15 is 0 Å². The van der Waals surface area contributed by atoms with Crippen molar-refractivity contribution in [3.8, 4) is 0 Å². The number of nitrogens with one attached hydrogen (secondary N) is 1. The topological polar surface area (TPSA) is 81.4 Å². The number of alkyl carbamates (subject to hydrolysis) is 1. The summed E-state index contributed by atoms with van der Waals surface area (Å²) in [5, 5.41) is 2.40. The van der Waals surface area contributed by atoms with Crippen LogP contribution < -0.4 is 11.1 Å². The van der Waals surface area contributed by atoms with Crippen LogP contribution in [0.2, 0.25) is 0 Å². The molecule has 5 nitrogen and oxygen atoms in total. The van der Waals surface area contributed by atoms with Crippen molar-refractivity contribution < 1.29 is 14.3 Å². The van der Waals surface area contributed by atoms with E-state index in [9.17, 15) is 9.59 Å². The van der Waals surface area contributed by atoms with Gasteiger partial charge in [0.15, 0.2) is 0 Å². The Balaban J connectivity index is 2.39. The number of thiol groups is 1. The van der Waals surface area contributed by atoms with Gasteiger partial charge >= 0.3 is 6.09 Å². The number of rotatable bonds is 6. The highest BCUT2D eigenvalue weighted by Crippen LogP contribution is 2.01.